The van der Waals surface area contributed by atoms with E-state index in [1.165, 1.54) is 0 Å². The Morgan fingerprint density at radius 2 is 2.20 bits per heavy atom. The van der Waals surface area contributed by atoms with E-state index in [-0.39, 0.29) is 0 Å². The van der Waals surface area contributed by atoms with Crippen LogP contribution in [0.15, 0.2) is 18.2 Å². The van der Waals surface area contributed by atoms with Crippen LogP contribution in [-0.4, -0.2) is 26.8 Å². The number of methoxy groups -OCH3 is 1. The van der Waals surface area contributed by atoms with Gasteiger partial charge >= 0.3 is 0 Å². The molecule has 3 nitrogen and oxygen atoms in total. The van der Waals surface area contributed by atoms with Crippen molar-refractivity contribution < 1.29 is 9.47 Å². The van der Waals surface area contributed by atoms with E-state index in [1.54, 1.807) is 13.2 Å². The number of hydrogen-bond acceptors (Lipinski definition) is 3. The van der Waals surface area contributed by atoms with Gasteiger partial charge in [-0.15, -0.1) is 0 Å². The summed E-state index contributed by atoms with van der Waals surface area (Å²) < 4.78 is 10.5. The third kappa shape index (κ3) is 3.98. The highest BCUT2D eigenvalue weighted by Gasteiger charge is 2.02. The minimum absolute atomic E-state index is 0.575. The summed E-state index contributed by atoms with van der Waals surface area (Å²) in [5.41, 5.74) is 0. The number of rotatable bonds is 6. The van der Waals surface area contributed by atoms with E-state index < -0.39 is 0 Å². The Bertz CT molecular complexity index is 305. The fraction of sp³-hybridized carbons (Fsp3) is 0.455. The van der Waals surface area contributed by atoms with Crippen LogP contribution in [0.5, 0.6) is 11.5 Å². The first kappa shape index (κ1) is 12.1. The van der Waals surface area contributed by atoms with Crippen LogP contribution in [-0.2, 0) is 0 Å². The zero-order valence-corrected chi connectivity index (χ0v) is 9.80. The number of nitrogens with one attached hydrogen (secondary N) is 1. The predicted molar refractivity (Wildman–Crippen MR) is 62.0 cm³/mol. The van der Waals surface area contributed by atoms with Crippen molar-refractivity contribution in [1.82, 2.24) is 5.32 Å². The van der Waals surface area contributed by atoms with Crippen molar-refractivity contribution in [3.63, 3.8) is 0 Å². The average Bonchev–Trinajstić information content (AvgIpc) is 2.26. The van der Waals surface area contributed by atoms with Crippen LogP contribution < -0.4 is 14.8 Å². The van der Waals surface area contributed by atoms with Gasteiger partial charge in [0.15, 0.2) is 0 Å². The summed E-state index contributed by atoms with van der Waals surface area (Å²) in [6.07, 6.45) is 0. The van der Waals surface area contributed by atoms with Gasteiger partial charge in [-0.05, 0) is 18.7 Å². The molecule has 1 aromatic rings. The molecule has 1 N–H and O–H groups in total. The fourth-order valence-corrected chi connectivity index (χ4v) is 1.36. The minimum atomic E-state index is 0.575. The van der Waals surface area contributed by atoms with Gasteiger partial charge in [-0.1, -0.05) is 18.5 Å². The highest BCUT2D eigenvalue weighted by atomic mass is 35.5. The second-order valence-electron chi connectivity index (χ2n) is 3.00. The Hall–Kier alpha value is -0.930. The molecule has 0 saturated heterocycles. The SMILES string of the molecule is CCNCCOc1ccc(OC)cc1Cl. The van der Waals surface area contributed by atoms with Crippen LogP contribution >= 0.6 is 11.6 Å². The molecule has 1 rings (SSSR count). The third-order valence-electron chi connectivity index (χ3n) is 1.93. The smallest absolute Gasteiger partial charge is 0.138 e. The van der Waals surface area contributed by atoms with Gasteiger partial charge in [0.2, 0.25) is 0 Å². The van der Waals surface area contributed by atoms with Crippen LogP contribution in [0, 0.1) is 0 Å². The van der Waals surface area contributed by atoms with Gasteiger partial charge in [-0.2, -0.15) is 0 Å². The Morgan fingerprint density at radius 3 is 2.80 bits per heavy atom. The summed E-state index contributed by atoms with van der Waals surface area (Å²) in [4.78, 5) is 0. The first-order valence-corrected chi connectivity index (χ1v) is 5.32. The van der Waals surface area contributed by atoms with Gasteiger partial charge in [0.25, 0.3) is 0 Å². The van der Waals surface area contributed by atoms with Gasteiger partial charge in [0.1, 0.15) is 18.1 Å². The van der Waals surface area contributed by atoms with Gasteiger partial charge in [0, 0.05) is 12.6 Å². The minimum Gasteiger partial charge on any atom is -0.497 e. The van der Waals surface area contributed by atoms with Crippen LogP contribution in [0.3, 0.4) is 0 Å². The van der Waals surface area contributed by atoms with Crippen molar-refractivity contribution in [2.24, 2.45) is 0 Å². The van der Waals surface area contributed by atoms with Crippen LogP contribution in [0.4, 0.5) is 0 Å². The largest absolute Gasteiger partial charge is 0.497 e. The molecule has 0 heterocycles. The molecule has 0 saturated carbocycles. The molecule has 0 atom stereocenters. The van der Waals surface area contributed by atoms with Crippen LogP contribution in [0.1, 0.15) is 6.92 Å². The van der Waals surface area contributed by atoms with Crippen molar-refractivity contribution >= 4 is 11.6 Å². The molecule has 0 aliphatic heterocycles. The number of benzene rings is 1. The van der Waals surface area contributed by atoms with Crippen molar-refractivity contribution in [3.05, 3.63) is 23.2 Å². The summed E-state index contributed by atoms with van der Waals surface area (Å²) in [6.45, 7) is 4.43. The average molecular weight is 230 g/mol. The zero-order valence-electron chi connectivity index (χ0n) is 9.05. The zero-order chi connectivity index (χ0) is 11.1. The Balaban J connectivity index is 2.47. The second kappa shape index (κ2) is 6.53. The van der Waals surface area contributed by atoms with Crippen LogP contribution in [0.2, 0.25) is 5.02 Å². The van der Waals surface area contributed by atoms with Crippen molar-refractivity contribution in [3.8, 4) is 11.5 Å². The maximum atomic E-state index is 6.00. The van der Waals surface area contributed by atoms with Crippen molar-refractivity contribution in [1.29, 1.82) is 0 Å². The van der Waals surface area contributed by atoms with Crippen molar-refractivity contribution in [2.75, 3.05) is 26.8 Å². The molecular formula is C11H16ClNO2. The maximum Gasteiger partial charge on any atom is 0.138 e. The van der Waals surface area contributed by atoms with E-state index in [4.69, 9.17) is 21.1 Å². The Labute approximate surface area is 95.3 Å². The van der Waals surface area contributed by atoms with Crippen molar-refractivity contribution in [2.45, 2.75) is 6.92 Å². The topological polar surface area (TPSA) is 30.5 Å². The summed E-state index contributed by atoms with van der Waals surface area (Å²) in [5.74, 6) is 1.43. The molecule has 0 unspecified atom stereocenters. The molecule has 0 fully saturated rings. The van der Waals surface area contributed by atoms with Crippen LogP contribution in [0.25, 0.3) is 0 Å². The molecule has 0 aromatic heterocycles. The molecule has 0 amide bonds. The normalized spacial score (nSPS) is 10.1. The number of halogens is 1. The van der Waals surface area contributed by atoms with E-state index in [9.17, 15) is 0 Å². The van der Waals surface area contributed by atoms with Gasteiger partial charge in [0.05, 0.1) is 12.1 Å². The lowest BCUT2D eigenvalue weighted by Gasteiger charge is -2.09. The summed E-state index contributed by atoms with van der Waals surface area (Å²) in [6, 6.07) is 5.38. The van der Waals surface area contributed by atoms with E-state index in [0.717, 1.165) is 18.8 Å². The van der Waals surface area contributed by atoms with Gasteiger partial charge < -0.3 is 14.8 Å². The first-order valence-electron chi connectivity index (χ1n) is 4.95. The second-order valence-corrected chi connectivity index (χ2v) is 3.41. The lowest BCUT2D eigenvalue weighted by atomic mass is 10.3. The molecular weight excluding hydrogens is 214 g/mol. The molecule has 0 aliphatic carbocycles. The molecule has 1 aromatic carbocycles. The quantitative estimate of drug-likeness (QED) is 0.760. The van der Waals surface area contributed by atoms with Gasteiger partial charge in [-0.3, -0.25) is 0 Å². The molecule has 4 heteroatoms. The highest BCUT2D eigenvalue weighted by Crippen LogP contribution is 2.28. The number of likely N-dealkylation sites (N-methyl/N-ethyl adjacent to an activating group) is 1. The summed E-state index contributed by atoms with van der Waals surface area (Å²) in [7, 11) is 1.61. The highest BCUT2D eigenvalue weighted by molar-refractivity contribution is 6.32. The summed E-state index contributed by atoms with van der Waals surface area (Å²) >= 11 is 6.00. The molecule has 0 aliphatic rings. The molecule has 0 radical (unpaired) electrons. The molecule has 0 bridgehead atoms. The fourth-order valence-electron chi connectivity index (χ4n) is 1.14. The summed E-state index contributed by atoms with van der Waals surface area (Å²) in [5, 5.41) is 3.74. The van der Waals surface area contributed by atoms with E-state index in [0.29, 0.717) is 17.4 Å². The first-order chi connectivity index (χ1) is 7.27. The predicted octanol–water partition coefficient (Wildman–Crippen LogP) is 2.34. The van der Waals surface area contributed by atoms with E-state index >= 15 is 0 Å². The van der Waals surface area contributed by atoms with E-state index in [2.05, 4.69) is 12.2 Å². The lowest BCUT2D eigenvalue weighted by Crippen LogP contribution is -2.20. The Kier molecular flexibility index (Phi) is 5.29. The molecule has 0 spiro atoms. The molecule has 15 heavy (non-hydrogen) atoms. The molecule has 84 valence electrons. The standard InChI is InChI=1S/C11H16ClNO2/c1-3-13-6-7-15-11-5-4-9(14-2)8-10(11)12/h4-5,8,13H,3,6-7H2,1-2H3. The number of hydrogen-bond donors (Lipinski definition) is 1. The van der Waals surface area contributed by atoms with Gasteiger partial charge in [-0.25, -0.2) is 0 Å². The lowest BCUT2D eigenvalue weighted by molar-refractivity contribution is 0.315. The number of ether oxygens (including phenoxy) is 2. The Morgan fingerprint density at radius 1 is 1.40 bits per heavy atom. The van der Waals surface area contributed by atoms with E-state index in [1.807, 2.05) is 12.1 Å². The maximum absolute atomic E-state index is 6.00. The third-order valence-corrected chi connectivity index (χ3v) is 2.22. The monoisotopic (exact) mass is 229 g/mol.